The van der Waals surface area contributed by atoms with Crippen molar-refractivity contribution in [3.63, 3.8) is 0 Å². The van der Waals surface area contributed by atoms with Crippen LogP contribution in [0.3, 0.4) is 0 Å². The zero-order valence-corrected chi connectivity index (χ0v) is 13.9. The maximum absolute atomic E-state index is 3.60. The molecule has 0 spiro atoms. The van der Waals surface area contributed by atoms with Gasteiger partial charge in [0.1, 0.15) is 0 Å². The van der Waals surface area contributed by atoms with Crippen LogP contribution in [-0.2, 0) is 6.54 Å². The third-order valence-corrected chi connectivity index (χ3v) is 5.13. The van der Waals surface area contributed by atoms with Gasteiger partial charge in [-0.3, -0.25) is 0 Å². The van der Waals surface area contributed by atoms with E-state index in [1.54, 1.807) is 0 Å². The van der Waals surface area contributed by atoms with Crippen molar-refractivity contribution in [1.82, 2.24) is 4.90 Å². The van der Waals surface area contributed by atoms with Gasteiger partial charge in [-0.25, -0.2) is 0 Å². The fraction of sp³-hybridized carbons (Fsp3) is 0.667. The van der Waals surface area contributed by atoms with Gasteiger partial charge in [-0.15, -0.1) is 11.3 Å². The van der Waals surface area contributed by atoms with Crippen LogP contribution in [-0.4, -0.2) is 23.8 Å². The number of hydrogen-bond donors (Lipinski definition) is 0. The molecule has 1 aromatic rings. The second-order valence-corrected chi connectivity index (χ2v) is 6.80. The van der Waals surface area contributed by atoms with E-state index in [9.17, 15) is 0 Å². The molecule has 0 saturated heterocycles. The Morgan fingerprint density at radius 3 is 2.75 bits per heavy atom. The minimum absolute atomic E-state index is 0.776. The molecule has 0 amide bonds. The Morgan fingerprint density at radius 2 is 2.25 bits per heavy atom. The minimum atomic E-state index is 0.776. The summed E-state index contributed by atoms with van der Waals surface area (Å²) in [6.07, 6.45) is 2.58. The average molecular weight is 369 g/mol. The van der Waals surface area contributed by atoms with Gasteiger partial charge >= 0.3 is 0 Å². The van der Waals surface area contributed by atoms with Crippen LogP contribution in [0.2, 0.25) is 0 Å². The molecule has 16 heavy (non-hydrogen) atoms. The molecule has 0 saturated carbocycles. The Labute approximate surface area is 119 Å². The molecule has 1 unspecified atom stereocenters. The quantitative estimate of drug-likeness (QED) is 0.627. The second-order valence-electron chi connectivity index (χ2n) is 4.24. The molecule has 0 radical (unpaired) electrons. The van der Waals surface area contributed by atoms with Crippen molar-refractivity contribution in [2.75, 3.05) is 18.9 Å². The number of hydrogen-bond acceptors (Lipinski definition) is 2. The predicted octanol–water partition coefficient (Wildman–Crippen LogP) is 4.75. The lowest BCUT2D eigenvalue weighted by atomic mass is 10.1. The van der Waals surface area contributed by atoms with E-state index in [4.69, 9.17) is 0 Å². The molecule has 92 valence electrons. The molecule has 0 aliphatic carbocycles. The van der Waals surface area contributed by atoms with Crippen LogP contribution in [0.25, 0.3) is 0 Å². The van der Waals surface area contributed by atoms with Crippen LogP contribution in [0.15, 0.2) is 15.9 Å². The highest BCUT2D eigenvalue weighted by atomic mass is 79.9. The molecule has 0 aliphatic rings. The van der Waals surface area contributed by atoms with Crippen molar-refractivity contribution in [1.29, 1.82) is 0 Å². The van der Waals surface area contributed by atoms with Gasteiger partial charge in [0.15, 0.2) is 0 Å². The number of nitrogens with zero attached hydrogens (tertiary/aromatic N) is 1. The van der Waals surface area contributed by atoms with Crippen LogP contribution >= 0.6 is 43.2 Å². The highest BCUT2D eigenvalue weighted by Crippen LogP contribution is 2.21. The normalized spacial score (nSPS) is 13.3. The Bertz CT molecular complexity index is 301. The smallest absolute Gasteiger partial charge is 0.0325 e. The zero-order valence-electron chi connectivity index (χ0n) is 9.88. The van der Waals surface area contributed by atoms with Gasteiger partial charge in [0, 0.05) is 33.1 Å². The molecule has 1 aromatic heterocycles. The molecule has 0 fully saturated rings. The third kappa shape index (κ3) is 5.30. The van der Waals surface area contributed by atoms with Gasteiger partial charge in [0.2, 0.25) is 0 Å². The zero-order chi connectivity index (χ0) is 12.0. The average Bonchev–Trinajstić information content (AvgIpc) is 2.63. The van der Waals surface area contributed by atoms with Gasteiger partial charge in [-0.05, 0) is 41.4 Å². The van der Waals surface area contributed by atoms with E-state index in [-0.39, 0.29) is 0 Å². The van der Waals surface area contributed by atoms with Crippen LogP contribution in [0.5, 0.6) is 0 Å². The first-order valence-corrected chi connectivity index (χ1v) is 8.42. The van der Waals surface area contributed by atoms with E-state index in [2.05, 4.69) is 62.2 Å². The van der Waals surface area contributed by atoms with Gasteiger partial charge < -0.3 is 4.90 Å². The van der Waals surface area contributed by atoms with Crippen LogP contribution in [0, 0.1) is 5.92 Å². The van der Waals surface area contributed by atoms with E-state index >= 15 is 0 Å². The third-order valence-electron chi connectivity index (χ3n) is 2.53. The number of rotatable bonds is 7. The molecule has 4 heteroatoms. The van der Waals surface area contributed by atoms with E-state index in [0.717, 1.165) is 17.8 Å². The van der Waals surface area contributed by atoms with Crippen LogP contribution < -0.4 is 0 Å². The van der Waals surface area contributed by atoms with Gasteiger partial charge in [0.05, 0.1) is 0 Å². The standard InChI is InChI=1S/C12H19Br2NS/c1-3-4-10(6-13)7-15(2)8-12-5-11(14)9-16-12/h5,9-10H,3-4,6-8H2,1-2H3. The Kier molecular flexibility index (Phi) is 7.20. The summed E-state index contributed by atoms with van der Waals surface area (Å²) >= 11 is 8.92. The lowest BCUT2D eigenvalue weighted by Gasteiger charge is -2.21. The molecule has 0 aliphatic heterocycles. The monoisotopic (exact) mass is 367 g/mol. The van der Waals surface area contributed by atoms with E-state index < -0.39 is 0 Å². The lowest BCUT2D eigenvalue weighted by Crippen LogP contribution is -2.25. The summed E-state index contributed by atoms with van der Waals surface area (Å²) in [4.78, 5) is 3.85. The molecule has 1 heterocycles. The molecular formula is C12H19Br2NS. The van der Waals surface area contributed by atoms with Crippen molar-refractivity contribution in [2.24, 2.45) is 5.92 Å². The summed E-state index contributed by atoms with van der Waals surface area (Å²) in [5.74, 6) is 0.776. The second kappa shape index (κ2) is 7.85. The fourth-order valence-electron chi connectivity index (χ4n) is 1.83. The molecule has 1 atom stereocenters. The topological polar surface area (TPSA) is 3.24 Å². The summed E-state index contributed by atoms with van der Waals surface area (Å²) in [6.45, 7) is 4.49. The van der Waals surface area contributed by atoms with Crippen LogP contribution in [0.1, 0.15) is 24.6 Å². The highest BCUT2D eigenvalue weighted by molar-refractivity contribution is 9.10. The summed E-state index contributed by atoms with van der Waals surface area (Å²) in [7, 11) is 2.21. The van der Waals surface area contributed by atoms with Crippen LogP contribution in [0.4, 0.5) is 0 Å². The molecule has 0 bridgehead atoms. The first kappa shape index (κ1) is 14.7. The highest BCUT2D eigenvalue weighted by Gasteiger charge is 2.10. The van der Waals surface area contributed by atoms with Gasteiger partial charge in [0.25, 0.3) is 0 Å². The van der Waals surface area contributed by atoms with Crippen molar-refractivity contribution in [2.45, 2.75) is 26.3 Å². The molecular weight excluding hydrogens is 350 g/mol. The maximum Gasteiger partial charge on any atom is 0.0325 e. The molecule has 1 rings (SSSR count). The first-order valence-electron chi connectivity index (χ1n) is 5.63. The fourth-order valence-corrected chi connectivity index (χ4v) is 3.89. The maximum atomic E-state index is 3.60. The molecule has 0 aromatic carbocycles. The largest absolute Gasteiger partial charge is 0.301 e. The predicted molar refractivity (Wildman–Crippen MR) is 80.5 cm³/mol. The summed E-state index contributed by atoms with van der Waals surface area (Å²) in [5.41, 5.74) is 0. The van der Waals surface area contributed by atoms with E-state index in [1.165, 1.54) is 28.7 Å². The van der Waals surface area contributed by atoms with Crippen molar-refractivity contribution in [3.05, 3.63) is 20.8 Å². The first-order chi connectivity index (χ1) is 7.65. The van der Waals surface area contributed by atoms with Gasteiger partial charge in [-0.2, -0.15) is 0 Å². The molecule has 1 nitrogen and oxygen atoms in total. The summed E-state index contributed by atoms with van der Waals surface area (Å²) in [6, 6.07) is 2.21. The number of thiophene rings is 1. The van der Waals surface area contributed by atoms with Gasteiger partial charge in [-0.1, -0.05) is 29.3 Å². The Morgan fingerprint density at radius 1 is 1.50 bits per heavy atom. The minimum Gasteiger partial charge on any atom is -0.301 e. The van der Waals surface area contributed by atoms with Crippen molar-refractivity contribution in [3.8, 4) is 0 Å². The van der Waals surface area contributed by atoms with E-state index in [0.29, 0.717) is 0 Å². The SMILES string of the molecule is CCCC(CBr)CN(C)Cc1cc(Br)cs1. The molecule has 0 N–H and O–H groups in total. The number of alkyl halides is 1. The Balaban J connectivity index is 2.37. The summed E-state index contributed by atoms with van der Waals surface area (Å²) in [5, 5.41) is 3.26. The Hall–Kier alpha value is 0.620. The van der Waals surface area contributed by atoms with E-state index in [1.807, 2.05) is 11.3 Å². The lowest BCUT2D eigenvalue weighted by molar-refractivity contribution is 0.275. The number of halogens is 2. The summed E-state index contributed by atoms with van der Waals surface area (Å²) < 4.78 is 1.20. The van der Waals surface area contributed by atoms with Crippen molar-refractivity contribution < 1.29 is 0 Å². The van der Waals surface area contributed by atoms with Crippen molar-refractivity contribution >= 4 is 43.2 Å².